The lowest BCUT2D eigenvalue weighted by Crippen LogP contribution is -2.30. The molecule has 0 spiro atoms. The van der Waals surface area contributed by atoms with Crippen molar-refractivity contribution < 1.29 is 5.11 Å². The molecule has 4 heteroatoms. The molecule has 0 amide bonds. The zero-order chi connectivity index (χ0) is 12.1. The van der Waals surface area contributed by atoms with Gasteiger partial charge in [0.1, 0.15) is 11.6 Å². The average molecular weight is 235 g/mol. The van der Waals surface area contributed by atoms with E-state index in [2.05, 4.69) is 28.2 Å². The second-order valence-corrected chi connectivity index (χ2v) is 4.41. The number of rotatable bonds is 5. The maximum atomic E-state index is 9.07. The van der Waals surface area contributed by atoms with Crippen LogP contribution in [0.5, 0.6) is 0 Å². The summed E-state index contributed by atoms with van der Waals surface area (Å²) in [6, 6.07) is 6.53. The third kappa shape index (κ3) is 2.88. The van der Waals surface area contributed by atoms with Crippen molar-refractivity contribution in [3.8, 4) is 0 Å². The highest BCUT2D eigenvalue weighted by Gasteiger charge is 2.24. The van der Waals surface area contributed by atoms with Crippen molar-refractivity contribution in [2.75, 3.05) is 29.9 Å². The lowest BCUT2D eigenvalue weighted by Gasteiger charge is -2.25. The molecule has 2 rings (SSSR count). The predicted octanol–water partition coefficient (Wildman–Crippen LogP) is 1.86. The van der Waals surface area contributed by atoms with Crippen LogP contribution in [-0.2, 0) is 0 Å². The molecule has 1 fully saturated rings. The van der Waals surface area contributed by atoms with Gasteiger partial charge >= 0.3 is 0 Å². The van der Waals surface area contributed by atoms with E-state index < -0.39 is 0 Å². The Balaban J connectivity index is 2.12. The molecule has 1 aromatic rings. The van der Waals surface area contributed by atoms with E-state index in [-0.39, 0.29) is 6.61 Å². The van der Waals surface area contributed by atoms with Crippen LogP contribution >= 0.6 is 0 Å². The third-order valence-corrected chi connectivity index (χ3v) is 3.23. The van der Waals surface area contributed by atoms with Gasteiger partial charge in [-0.2, -0.15) is 0 Å². The number of aliphatic hydroxyl groups excluding tert-OH is 1. The number of anilines is 2. The Morgan fingerprint density at radius 2 is 2.41 bits per heavy atom. The molecule has 1 atom stereocenters. The molecule has 4 nitrogen and oxygen atoms in total. The van der Waals surface area contributed by atoms with E-state index in [1.54, 1.807) is 0 Å². The van der Waals surface area contributed by atoms with Crippen LogP contribution < -0.4 is 10.2 Å². The van der Waals surface area contributed by atoms with Gasteiger partial charge < -0.3 is 15.3 Å². The SMILES string of the molecule is CCNc1cccc(N2CCCC2CCO)n1. The summed E-state index contributed by atoms with van der Waals surface area (Å²) in [5, 5.41) is 12.3. The molecular formula is C13H21N3O. The van der Waals surface area contributed by atoms with Crippen LogP contribution in [0.2, 0.25) is 0 Å². The van der Waals surface area contributed by atoms with Crippen molar-refractivity contribution in [2.45, 2.75) is 32.2 Å². The van der Waals surface area contributed by atoms with Gasteiger partial charge in [-0.15, -0.1) is 0 Å². The average Bonchev–Trinajstić information content (AvgIpc) is 2.79. The highest BCUT2D eigenvalue weighted by atomic mass is 16.3. The van der Waals surface area contributed by atoms with Crippen LogP contribution in [0.3, 0.4) is 0 Å². The van der Waals surface area contributed by atoms with Crippen LogP contribution in [0.1, 0.15) is 26.2 Å². The minimum atomic E-state index is 0.258. The van der Waals surface area contributed by atoms with E-state index in [1.165, 1.54) is 6.42 Å². The summed E-state index contributed by atoms with van der Waals surface area (Å²) in [5.74, 6) is 1.96. The molecular weight excluding hydrogens is 214 g/mol. The van der Waals surface area contributed by atoms with Crippen molar-refractivity contribution in [3.63, 3.8) is 0 Å². The largest absolute Gasteiger partial charge is 0.396 e. The maximum absolute atomic E-state index is 9.07. The smallest absolute Gasteiger partial charge is 0.131 e. The minimum absolute atomic E-state index is 0.258. The first-order chi connectivity index (χ1) is 8.35. The Hall–Kier alpha value is -1.29. The van der Waals surface area contributed by atoms with Crippen LogP contribution in [0.15, 0.2) is 18.2 Å². The normalized spacial score (nSPS) is 19.6. The van der Waals surface area contributed by atoms with Gasteiger partial charge in [-0.3, -0.25) is 0 Å². The number of aliphatic hydroxyl groups is 1. The van der Waals surface area contributed by atoms with E-state index >= 15 is 0 Å². The Bertz CT molecular complexity index is 356. The van der Waals surface area contributed by atoms with Crippen molar-refractivity contribution in [3.05, 3.63) is 18.2 Å². The van der Waals surface area contributed by atoms with Gasteiger partial charge in [0.15, 0.2) is 0 Å². The highest BCUT2D eigenvalue weighted by Crippen LogP contribution is 2.26. The molecule has 1 unspecified atom stereocenters. The van der Waals surface area contributed by atoms with E-state index in [4.69, 9.17) is 5.11 Å². The van der Waals surface area contributed by atoms with Gasteiger partial charge in [-0.05, 0) is 38.3 Å². The Labute approximate surface area is 103 Å². The van der Waals surface area contributed by atoms with Crippen LogP contribution in [0.25, 0.3) is 0 Å². The van der Waals surface area contributed by atoms with E-state index in [0.29, 0.717) is 6.04 Å². The fourth-order valence-electron chi connectivity index (χ4n) is 2.45. The number of pyridine rings is 1. The van der Waals surface area contributed by atoms with Gasteiger partial charge in [0.05, 0.1) is 0 Å². The van der Waals surface area contributed by atoms with Crippen LogP contribution in [-0.4, -0.2) is 35.8 Å². The summed E-state index contributed by atoms with van der Waals surface area (Å²) in [4.78, 5) is 6.93. The van der Waals surface area contributed by atoms with Crippen molar-refractivity contribution >= 4 is 11.6 Å². The molecule has 2 heterocycles. The van der Waals surface area contributed by atoms with Crippen LogP contribution in [0, 0.1) is 0 Å². The summed E-state index contributed by atoms with van der Waals surface area (Å²) < 4.78 is 0. The van der Waals surface area contributed by atoms with Gasteiger partial charge in [-0.1, -0.05) is 6.07 Å². The number of nitrogens with one attached hydrogen (secondary N) is 1. The molecule has 2 N–H and O–H groups in total. The Kier molecular flexibility index (Phi) is 4.20. The molecule has 0 saturated carbocycles. The number of nitrogens with zero attached hydrogens (tertiary/aromatic N) is 2. The molecule has 0 bridgehead atoms. The van der Waals surface area contributed by atoms with Crippen molar-refractivity contribution in [1.82, 2.24) is 4.98 Å². The number of aromatic nitrogens is 1. The first-order valence-electron chi connectivity index (χ1n) is 6.43. The number of hydrogen-bond acceptors (Lipinski definition) is 4. The fourth-order valence-corrected chi connectivity index (χ4v) is 2.45. The van der Waals surface area contributed by atoms with Gasteiger partial charge in [-0.25, -0.2) is 4.98 Å². The monoisotopic (exact) mass is 235 g/mol. The zero-order valence-electron chi connectivity index (χ0n) is 10.4. The summed E-state index contributed by atoms with van der Waals surface area (Å²) in [5.41, 5.74) is 0. The predicted molar refractivity (Wildman–Crippen MR) is 70.5 cm³/mol. The molecule has 1 aliphatic heterocycles. The minimum Gasteiger partial charge on any atom is -0.396 e. The summed E-state index contributed by atoms with van der Waals surface area (Å²) in [7, 11) is 0. The molecule has 0 radical (unpaired) electrons. The molecule has 1 saturated heterocycles. The Morgan fingerprint density at radius 3 is 3.18 bits per heavy atom. The second-order valence-electron chi connectivity index (χ2n) is 4.41. The Morgan fingerprint density at radius 1 is 1.53 bits per heavy atom. The highest BCUT2D eigenvalue weighted by molar-refractivity contribution is 5.48. The topological polar surface area (TPSA) is 48.4 Å². The van der Waals surface area contributed by atoms with Crippen molar-refractivity contribution in [1.29, 1.82) is 0 Å². The molecule has 0 aromatic carbocycles. The van der Waals surface area contributed by atoms with Gasteiger partial charge in [0, 0.05) is 25.7 Å². The van der Waals surface area contributed by atoms with E-state index in [1.807, 2.05) is 12.1 Å². The van der Waals surface area contributed by atoms with E-state index in [0.717, 1.165) is 37.6 Å². The summed E-state index contributed by atoms with van der Waals surface area (Å²) in [6.07, 6.45) is 3.19. The first-order valence-corrected chi connectivity index (χ1v) is 6.43. The van der Waals surface area contributed by atoms with Crippen molar-refractivity contribution in [2.24, 2.45) is 0 Å². The molecule has 1 aromatic heterocycles. The maximum Gasteiger partial charge on any atom is 0.131 e. The first kappa shape index (κ1) is 12.2. The summed E-state index contributed by atoms with van der Waals surface area (Å²) >= 11 is 0. The molecule has 0 aliphatic carbocycles. The van der Waals surface area contributed by atoms with Gasteiger partial charge in [0.2, 0.25) is 0 Å². The lowest BCUT2D eigenvalue weighted by atomic mass is 10.1. The van der Waals surface area contributed by atoms with Crippen LogP contribution in [0.4, 0.5) is 11.6 Å². The number of hydrogen-bond donors (Lipinski definition) is 2. The van der Waals surface area contributed by atoms with E-state index in [9.17, 15) is 0 Å². The molecule has 94 valence electrons. The second kappa shape index (κ2) is 5.87. The van der Waals surface area contributed by atoms with Gasteiger partial charge in [0.25, 0.3) is 0 Å². The lowest BCUT2D eigenvalue weighted by molar-refractivity contribution is 0.275. The summed E-state index contributed by atoms with van der Waals surface area (Å²) in [6.45, 7) is 4.26. The molecule has 17 heavy (non-hydrogen) atoms. The fraction of sp³-hybridized carbons (Fsp3) is 0.615. The zero-order valence-corrected chi connectivity index (χ0v) is 10.4. The standard InChI is InChI=1S/C13H21N3O/c1-2-14-12-6-3-7-13(15-12)16-9-4-5-11(16)8-10-17/h3,6-7,11,17H,2,4-5,8-10H2,1H3,(H,14,15). The quantitative estimate of drug-likeness (QED) is 0.818. The molecule has 1 aliphatic rings. The third-order valence-electron chi connectivity index (χ3n) is 3.23.